The van der Waals surface area contributed by atoms with Gasteiger partial charge >= 0.3 is 0 Å². The number of rotatable bonds is 9. The van der Waals surface area contributed by atoms with Gasteiger partial charge in [0.2, 0.25) is 10.0 Å². The summed E-state index contributed by atoms with van der Waals surface area (Å²) in [7, 11) is -3.70. The first kappa shape index (κ1) is 18.6. The third-order valence-electron chi connectivity index (χ3n) is 3.13. The summed E-state index contributed by atoms with van der Waals surface area (Å²) in [5.74, 6) is 0. The standard InChI is InChI=1S/C14H22Cl2N2O2S/c1-2-3-4-5-6-7-8-18-21(19,20)14-12(16)9-11(15)10-13(14)17/h9-10,18H,2-8,17H2,1H3. The van der Waals surface area contributed by atoms with Crippen molar-refractivity contribution in [3.05, 3.63) is 22.2 Å². The van der Waals surface area contributed by atoms with Crippen LogP contribution in [0.25, 0.3) is 0 Å². The third kappa shape index (κ3) is 6.02. The Hall–Kier alpha value is -0.490. The number of halogens is 2. The molecule has 0 aliphatic rings. The van der Waals surface area contributed by atoms with Crippen LogP contribution in [0.2, 0.25) is 10.0 Å². The lowest BCUT2D eigenvalue weighted by Gasteiger charge is -2.11. The van der Waals surface area contributed by atoms with Gasteiger partial charge in [0.15, 0.2) is 0 Å². The highest BCUT2D eigenvalue weighted by Gasteiger charge is 2.21. The zero-order valence-electron chi connectivity index (χ0n) is 12.2. The molecule has 0 amide bonds. The molecule has 3 N–H and O–H groups in total. The van der Waals surface area contributed by atoms with Crippen LogP contribution >= 0.6 is 23.2 Å². The molecule has 120 valence electrons. The van der Waals surface area contributed by atoms with Crippen molar-refractivity contribution < 1.29 is 8.42 Å². The fourth-order valence-corrected chi connectivity index (χ4v) is 4.10. The average Bonchev–Trinajstić information content (AvgIpc) is 2.35. The Morgan fingerprint density at radius 3 is 2.33 bits per heavy atom. The van der Waals surface area contributed by atoms with Crippen molar-refractivity contribution in [2.45, 2.75) is 50.3 Å². The lowest BCUT2D eigenvalue weighted by Crippen LogP contribution is -2.26. The predicted octanol–water partition coefficient (Wildman–Crippen LogP) is 4.21. The molecule has 0 atom stereocenters. The number of nitrogens with one attached hydrogen (secondary N) is 1. The molecule has 1 rings (SSSR count). The van der Waals surface area contributed by atoms with Crippen molar-refractivity contribution in [3.63, 3.8) is 0 Å². The van der Waals surface area contributed by atoms with Gasteiger partial charge in [-0.2, -0.15) is 0 Å². The van der Waals surface area contributed by atoms with Gasteiger partial charge in [-0.05, 0) is 18.6 Å². The summed E-state index contributed by atoms with van der Waals surface area (Å²) in [6.07, 6.45) is 6.54. The van der Waals surface area contributed by atoms with E-state index in [9.17, 15) is 8.42 Å². The van der Waals surface area contributed by atoms with Crippen molar-refractivity contribution in [3.8, 4) is 0 Å². The maximum atomic E-state index is 12.2. The summed E-state index contributed by atoms with van der Waals surface area (Å²) >= 11 is 11.7. The second-order valence-electron chi connectivity index (χ2n) is 4.97. The molecule has 0 saturated heterocycles. The number of hydrogen-bond donors (Lipinski definition) is 2. The molecule has 1 aromatic carbocycles. The van der Waals surface area contributed by atoms with Gasteiger partial charge in [0.05, 0.1) is 10.7 Å². The first-order valence-electron chi connectivity index (χ1n) is 7.12. The predicted molar refractivity (Wildman–Crippen MR) is 89.4 cm³/mol. The highest BCUT2D eigenvalue weighted by Crippen LogP contribution is 2.30. The molecule has 0 bridgehead atoms. The van der Waals surface area contributed by atoms with E-state index in [1.807, 2.05) is 0 Å². The fourth-order valence-electron chi connectivity index (χ4n) is 2.05. The minimum Gasteiger partial charge on any atom is -0.398 e. The topological polar surface area (TPSA) is 72.2 Å². The average molecular weight is 353 g/mol. The molecule has 0 aliphatic heterocycles. The number of nitrogens with two attached hydrogens (primary N) is 1. The van der Waals surface area contributed by atoms with Gasteiger partial charge in [-0.25, -0.2) is 13.1 Å². The smallest absolute Gasteiger partial charge is 0.244 e. The Balaban J connectivity index is 2.55. The van der Waals surface area contributed by atoms with E-state index in [1.165, 1.54) is 31.4 Å². The van der Waals surface area contributed by atoms with E-state index in [4.69, 9.17) is 28.9 Å². The van der Waals surface area contributed by atoms with Crippen LogP contribution < -0.4 is 10.5 Å². The van der Waals surface area contributed by atoms with Crippen molar-refractivity contribution in [2.24, 2.45) is 0 Å². The second kappa shape index (κ2) is 8.83. The monoisotopic (exact) mass is 352 g/mol. The third-order valence-corrected chi connectivity index (χ3v) is 5.33. The quantitative estimate of drug-likeness (QED) is 0.516. The fraction of sp³-hybridized carbons (Fsp3) is 0.571. The van der Waals surface area contributed by atoms with E-state index < -0.39 is 10.0 Å². The highest BCUT2D eigenvalue weighted by molar-refractivity contribution is 7.89. The molecule has 4 nitrogen and oxygen atoms in total. The summed E-state index contributed by atoms with van der Waals surface area (Å²) < 4.78 is 26.9. The number of benzene rings is 1. The lowest BCUT2D eigenvalue weighted by atomic mass is 10.1. The van der Waals surface area contributed by atoms with Crippen molar-refractivity contribution >= 4 is 38.9 Å². The molecule has 21 heavy (non-hydrogen) atoms. The summed E-state index contributed by atoms with van der Waals surface area (Å²) in [6, 6.07) is 2.76. The van der Waals surface area contributed by atoms with E-state index >= 15 is 0 Å². The van der Waals surface area contributed by atoms with E-state index in [2.05, 4.69) is 11.6 Å². The van der Waals surface area contributed by atoms with Crippen LogP contribution in [0, 0.1) is 0 Å². The lowest BCUT2D eigenvalue weighted by molar-refractivity contribution is 0.568. The Morgan fingerprint density at radius 1 is 1.10 bits per heavy atom. The number of sulfonamides is 1. The van der Waals surface area contributed by atoms with Crippen LogP contribution in [0.3, 0.4) is 0 Å². The maximum Gasteiger partial charge on any atom is 0.244 e. The zero-order valence-corrected chi connectivity index (χ0v) is 14.5. The highest BCUT2D eigenvalue weighted by atomic mass is 35.5. The van der Waals surface area contributed by atoms with E-state index in [0.717, 1.165) is 19.3 Å². The molecule has 0 saturated carbocycles. The van der Waals surface area contributed by atoms with Gasteiger partial charge < -0.3 is 5.73 Å². The molecule has 1 aromatic rings. The Morgan fingerprint density at radius 2 is 1.71 bits per heavy atom. The van der Waals surface area contributed by atoms with Crippen molar-refractivity contribution in [1.29, 1.82) is 0 Å². The molecule has 0 aromatic heterocycles. The number of unbranched alkanes of at least 4 members (excludes halogenated alkanes) is 5. The molecule has 7 heteroatoms. The molecule has 0 spiro atoms. The van der Waals surface area contributed by atoms with E-state index in [0.29, 0.717) is 11.6 Å². The first-order valence-corrected chi connectivity index (χ1v) is 9.36. The molecular formula is C14H22Cl2N2O2S. The SMILES string of the molecule is CCCCCCCCNS(=O)(=O)c1c(N)cc(Cl)cc1Cl. The molecule has 0 fully saturated rings. The van der Waals surface area contributed by atoms with Crippen LogP contribution in [-0.4, -0.2) is 15.0 Å². The number of nitrogen functional groups attached to an aromatic ring is 1. The van der Waals surface area contributed by atoms with Gasteiger partial charge in [-0.3, -0.25) is 0 Å². The summed E-state index contributed by atoms with van der Waals surface area (Å²) in [5, 5.41) is 0.350. The second-order valence-corrected chi connectivity index (χ2v) is 7.52. The molecule has 0 aliphatic carbocycles. The maximum absolute atomic E-state index is 12.2. The van der Waals surface area contributed by atoms with Gasteiger partial charge in [0.25, 0.3) is 0 Å². The molecule has 0 radical (unpaired) electrons. The number of hydrogen-bond acceptors (Lipinski definition) is 3. The Labute approximate surface area is 137 Å². The van der Waals surface area contributed by atoms with Gasteiger partial charge in [0, 0.05) is 11.6 Å². The van der Waals surface area contributed by atoms with Crippen LogP contribution in [0.5, 0.6) is 0 Å². The summed E-state index contributed by atoms with van der Waals surface area (Å²) in [6.45, 7) is 2.54. The van der Waals surface area contributed by atoms with E-state index in [1.54, 1.807) is 0 Å². The van der Waals surface area contributed by atoms with Crippen LogP contribution in [-0.2, 0) is 10.0 Å². The minimum absolute atomic E-state index is 0.0374. The minimum atomic E-state index is -3.70. The summed E-state index contributed by atoms with van der Waals surface area (Å²) in [4.78, 5) is -0.0976. The van der Waals surface area contributed by atoms with Crippen LogP contribution in [0.1, 0.15) is 45.4 Å². The van der Waals surface area contributed by atoms with Crippen molar-refractivity contribution in [1.82, 2.24) is 4.72 Å². The Bertz CT molecular complexity index is 539. The van der Waals surface area contributed by atoms with Crippen LogP contribution in [0.15, 0.2) is 17.0 Å². The van der Waals surface area contributed by atoms with Gasteiger partial charge in [0.1, 0.15) is 4.90 Å². The van der Waals surface area contributed by atoms with Gasteiger partial charge in [-0.1, -0.05) is 62.2 Å². The van der Waals surface area contributed by atoms with Gasteiger partial charge in [-0.15, -0.1) is 0 Å². The zero-order chi connectivity index (χ0) is 15.9. The molecule has 0 heterocycles. The van der Waals surface area contributed by atoms with Crippen molar-refractivity contribution in [2.75, 3.05) is 12.3 Å². The molecule has 0 unspecified atom stereocenters. The largest absolute Gasteiger partial charge is 0.398 e. The first-order chi connectivity index (χ1) is 9.88. The van der Waals surface area contributed by atoms with E-state index in [-0.39, 0.29) is 15.6 Å². The summed E-state index contributed by atoms with van der Waals surface area (Å²) in [5.41, 5.74) is 5.76. The molecular weight excluding hydrogens is 331 g/mol. The van der Waals surface area contributed by atoms with Crippen LogP contribution in [0.4, 0.5) is 5.69 Å². The number of anilines is 1. The Kier molecular flexibility index (Phi) is 7.81. The normalized spacial score (nSPS) is 11.8.